The second-order valence-electron chi connectivity index (χ2n) is 4.64. The van der Waals surface area contributed by atoms with Crippen molar-refractivity contribution < 1.29 is 9.18 Å². The molecule has 0 bridgehead atoms. The van der Waals surface area contributed by atoms with Gasteiger partial charge in [-0.05, 0) is 42.0 Å². The normalized spacial score (nSPS) is 19.2. The van der Waals surface area contributed by atoms with E-state index < -0.39 is 0 Å². The molecule has 0 saturated carbocycles. The number of hydrogen-bond donors (Lipinski definition) is 0. The number of allylic oxidation sites excluding steroid dienone is 2. The Hall–Kier alpha value is -1.64. The van der Waals surface area contributed by atoms with Crippen LogP contribution in [0.5, 0.6) is 0 Å². The highest BCUT2D eigenvalue weighted by molar-refractivity contribution is 5.87. The average molecular weight is 231 g/mol. The van der Waals surface area contributed by atoms with Crippen LogP contribution in [0.1, 0.15) is 30.4 Å². The van der Waals surface area contributed by atoms with Crippen molar-refractivity contribution in [3.8, 4) is 0 Å². The molecule has 1 aromatic rings. The number of carbonyl (C=O) groups excluding carboxylic acids is 1. The van der Waals surface area contributed by atoms with Crippen molar-refractivity contribution in [3.63, 3.8) is 0 Å². The Labute approximate surface area is 99.7 Å². The van der Waals surface area contributed by atoms with Crippen LogP contribution in [0.15, 0.2) is 23.9 Å². The van der Waals surface area contributed by atoms with Gasteiger partial charge >= 0.3 is 0 Å². The van der Waals surface area contributed by atoms with E-state index in [1.54, 1.807) is 11.0 Å². The van der Waals surface area contributed by atoms with Gasteiger partial charge < -0.3 is 4.90 Å². The smallest absolute Gasteiger partial charge is 0.226 e. The molecule has 0 atom stereocenters. The van der Waals surface area contributed by atoms with Crippen molar-refractivity contribution in [2.45, 2.75) is 25.7 Å². The second kappa shape index (κ2) is 3.69. The number of rotatable bonds is 0. The van der Waals surface area contributed by atoms with E-state index in [-0.39, 0.29) is 11.7 Å². The molecule has 0 fully saturated rings. The van der Waals surface area contributed by atoms with E-state index in [0.29, 0.717) is 12.8 Å². The minimum Gasteiger partial charge on any atom is -0.319 e. The summed E-state index contributed by atoms with van der Waals surface area (Å²) in [6.07, 6.45) is 2.74. The largest absolute Gasteiger partial charge is 0.319 e. The Morgan fingerprint density at radius 2 is 2.00 bits per heavy atom. The Balaban J connectivity index is 2.17. The van der Waals surface area contributed by atoms with Gasteiger partial charge in [0.2, 0.25) is 5.91 Å². The number of halogens is 1. The summed E-state index contributed by atoms with van der Waals surface area (Å²) in [5, 5.41) is 0. The zero-order valence-electron chi connectivity index (χ0n) is 9.79. The molecule has 17 heavy (non-hydrogen) atoms. The number of nitrogens with zero attached hydrogens (tertiary/aromatic N) is 1. The Kier molecular flexibility index (Phi) is 2.28. The van der Waals surface area contributed by atoms with Gasteiger partial charge in [-0.2, -0.15) is 0 Å². The Morgan fingerprint density at radius 1 is 1.18 bits per heavy atom. The van der Waals surface area contributed by atoms with Gasteiger partial charge in [0.25, 0.3) is 0 Å². The molecule has 0 radical (unpaired) electrons. The lowest BCUT2D eigenvalue weighted by Crippen LogP contribution is -2.32. The average Bonchev–Trinajstić information content (AvgIpc) is 2.34. The molecule has 0 aromatic heterocycles. The van der Waals surface area contributed by atoms with Crippen molar-refractivity contribution in [1.82, 2.24) is 4.90 Å². The van der Waals surface area contributed by atoms with E-state index in [0.717, 1.165) is 35.2 Å². The standard InChI is InChI=1S/C14H14FNO/c1-16-13-7-5-10-9(3-2-4-12(10)15)11(13)6-8-14(16)17/h2-4H,5-8H2,1H3. The summed E-state index contributed by atoms with van der Waals surface area (Å²) in [5.74, 6) is 0.0530. The second-order valence-corrected chi connectivity index (χ2v) is 4.64. The first-order valence-electron chi connectivity index (χ1n) is 5.95. The summed E-state index contributed by atoms with van der Waals surface area (Å²) in [7, 11) is 1.82. The third-order valence-corrected chi connectivity index (χ3v) is 3.77. The zero-order chi connectivity index (χ0) is 12.0. The first-order valence-corrected chi connectivity index (χ1v) is 5.95. The number of hydrogen-bond acceptors (Lipinski definition) is 1. The molecular weight excluding hydrogens is 217 g/mol. The van der Waals surface area contributed by atoms with Gasteiger partial charge in [0.15, 0.2) is 0 Å². The molecule has 88 valence electrons. The minimum absolute atomic E-state index is 0.117. The quantitative estimate of drug-likeness (QED) is 0.672. The molecule has 0 saturated heterocycles. The first-order chi connectivity index (χ1) is 8.18. The van der Waals surface area contributed by atoms with Gasteiger partial charge in [0, 0.05) is 19.2 Å². The van der Waals surface area contributed by atoms with Crippen LogP contribution < -0.4 is 0 Å². The molecule has 1 amide bonds. The van der Waals surface area contributed by atoms with E-state index in [9.17, 15) is 9.18 Å². The van der Waals surface area contributed by atoms with Crippen molar-refractivity contribution >= 4 is 11.5 Å². The third-order valence-electron chi connectivity index (χ3n) is 3.77. The van der Waals surface area contributed by atoms with Crippen LogP contribution in [-0.4, -0.2) is 17.9 Å². The molecule has 3 rings (SSSR count). The fourth-order valence-electron chi connectivity index (χ4n) is 2.84. The van der Waals surface area contributed by atoms with Crippen LogP contribution in [0.25, 0.3) is 5.57 Å². The highest BCUT2D eigenvalue weighted by atomic mass is 19.1. The Bertz CT molecular complexity index is 533. The van der Waals surface area contributed by atoms with Gasteiger partial charge in [0.05, 0.1) is 0 Å². The van der Waals surface area contributed by atoms with Gasteiger partial charge in [-0.3, -0.25) is 4.79 Å². The maximum atomic E-state index is 13.7. The zero-order valence-corrected chi connectivity index (χ0v) is 9.79. The van der Waals surface area contributed by atoms with Crippen LogP contribution in [0.3, 0.4) is 0 Å². The van der Waals surface area contributed by atoms with E-state index >= 15 is 0 Å². The van der Waals surface area contributed by atoms with Crippen molar-refractivity contribution in [1.29, 1.82) is 0 Å². The summed E-state index contributed by atoms with van der Waals surface area (Å²) >= 11 is 0. The van der Waals surface area contributed by atoms with E-state index in [1.165, 1.54) is 6.07 Å². The molecule has 1 aliphatic carbocycles. The molecule has 2 aliphatic rings. The lowest BCUT2D eigenvalue weighted by molar-refractivity contribution is -0.128. The molecular formula is C14H14FNO. The molecule has 0 spiro atoms. The van der Waals surface area contributed by atoms with Gasteiger partial charge in [-0.25, -0.2) is 4.39 Å². The highest BCUT2D eigenvalue weighted by Crippen LogP contribution is 2.39. The van der Waals surface area contributed by atoms with E-state index in [2.05, 4.69) is 0 Å². The van der Waals surface area contributed by atoms with Gasteiger partial charge in [0.1, 0.15) is 5.82 Å². The molecule has 1 aliphatic heterocycles. The summed E-state index contributed by atoms with van der Waals surface area (Å²) in [4.78, 5) is 13.4. The summed E-state index contributed by atoms with van der Waals surface area (Å²) in [6.45, 7) is 0. The third kappa shape index (κ3) is 1.49. The van der Waals surface area contributed by atoms with Crippen LogP contribution in [-0.2, 0) is 11.2 Å². The topological polar surface area (TPSA) is 20.3 Å². The van der Waals surface area contributed by atoms with Crippen molar-refractivity contribution in [3.05, 3.63) is 40.8 Å². The predicted molar refractivity (Wildman–Crippen MR) is 63.6 cm³/mol. The number of amides is 1. The maximum absolute atomic E-state index is 13.7. The monoisotopic (exact) mass is 231 g/mol. The molecule has 0 N–H and O–H groups in total. The highest BCUT2D eigenvalue weighted by Gasteiger charge is 2.29. The summed E-state index contributed by atoms with van der Waals surface area (Å²) in [5.41, 5.74) is 4.06. The summed E-state index contributed by atoms with van der Waals surface area (Å²) in [6, 6.07) is 5.24. The lowest BCUT2D eigenvalue weighted by Gasteiger charge is -2.33. The van der Waals surface area contributed by atoms with E-state index in [4.69, 9.17) is 0 Å². The minimum atomic E-state index is -0.117. The van der Waals surface area contributed by atoms with E-state index in [1.807, 2.05) is 13.1 Å². The first kappa shape index (κ1) is 10.5. The predicted octanol–water partition coefficient (Wildman–Crippen LogP) is 2.74. The fourth-order valence-corrected chi connectivity index (χ4v) is 2.84. The number of carbonyl (C=O) groups is 1. The SMILES string of the molecule is CN1C(=O)CCC2=C1CCc1c(F)cccc12. The number of fused-ring (bicyclic) bond motifs is 2. The molecule has 2 nitrogen and oxygen atoms in total. The molecule has 1 aromatic carbocycles. The fraction of sp³-hybridized carbons (Fsp3) is 0.357. The molecule has 0 unspecified atom stereocenters. The van der Waals surface area contributed by atoms with Gasteiger partial charge in [-0.15, -0.1) is 0 Å². The Morgan fingerprint density at radius 3 is 2.82 bits per heavy atom. The number of benzene rings is 1. The molecule has 1 heterocycles. The van der Waals surface area contributed by atoms with Crippen LogP contribution >= 0.6 is 0 Å². The van der Waals surface area contributed by atoms with Crippen molar-refractivity contribution in [2.75, 3.05) is 7.05 Å². The van der Waals surface area contributed by atoms with Crippen LogP contribution in [0.4, 0.5) is 4.39 Å². The van der Waals surface area contributed by atoms with Crippen LogP contribution in [0.2, 0.25) is 0 Å². The lowest BCUT2D eigenvalue weighted by atomic mass is 9.83. The maximum Gasteiger partial charge on any atom is 0.226 e. The van der Waals surface area contributed by atoms with Gasteiger partial charge in [-0.1, -0.05) is 12.1 Å². The van der Waals surface area contributed by atoms with Crippen LogP contribution in [0, 0.1) is 5.82 Å². The molecule has 3 heteroatoms. The summed E-state index contributed by atoms with van der Waals surface area (Å²) < 4.78 is 13.7. The van der Waals surface area contributed by atoms with Crippen molar-refractivity contribution in [2.24, 2.45) is 0 Å².